The molecule has 0 spiro atoms. The average molecular weight is 442 g/mol. The van der Waals surface area contributed by atoms with E-state index >= 15 is 0 Å². The van der Waals surface area contributed by atoms with Gasteiger partial charge in [0.15, 0.2) is 0 Å². The molecule has 0 radical (unpaired) electrons. The van der Waals surface area contributed by atoms with Crippen molar-refractivity contribution in [2.75, 3.05) is 0 Å². The Morgan fingerprint density at radius 2 is 1.84 bits per heavy atom. The number of ether oxygens (including phenoxy) is 1. The Balaban J connectivity index is 0.00000480. The van der Waals surface area contributed by atoms with E-state index in [0.29, 0.717) is 24.2 Å². The number of aliphatic hydroxyl groups is 2. The van der Waals surface area contributed by atoms with Crippen molar-refractivity contribution in [3.8, 4) is 0 Å². The van der Waals surface area contributed by atoms with Crippen LogP contribution in [0.4, 0.5) is 0 Å². The number of carboxylic acids is 1. The van der Waals surface area contributed by atoms with Crippen LogP contribution in [-0.4, -0.2) is 40.5 Å². The van der Waals surface area contributed by atoms with E-state index in [1.165, 1.54) is 0 Å². The molecule has 7 nitrogen and oxygen atoms in total. The van der Waals surface area contributed by atoms with Gasteiger partial charge in [0.1, 0.15) is 6.10 Å². The molecular weight excluding hydrogens is 398 g/mol. The zero-order valence-corrected chi connectivity index (χ0v) is 19.8. The summed E-state index contributed by atoms with van der Waals surface area (Å²) in [5.74, 6) is 0.125. The SMILES string of the molecule is CCC(C)C(=O)O[C@H]1C[C@@H](C)C[C@@H]2C=C[C@H](C)[C@H](CC[C@@H](O)C[C@@H](O)CC(=O)[O-])[C@@H]12.[NH4+]. The van der Waals surface area contributed by atoms with Gasteiger partial charge in [0.2, 0.25) is 0 Å². The fraction of sp³-hybridized carbons (Fsp3) is 0.833. The number of carbonyl (C=O) groups excluding carboxylic acids is 2. The second-order valence-corrected chi connectivity index (χ2v) is 9.71. The lowest BCUT2D eigenvalue weighted by Gasteiger charge is -2.47. The summed E-state index contributed by atoms with van der Waals surface area (Å²) in [5, 5.41) is 30.7. The number of carboxylic acid groups (broad SMARTS) is 1. The molecule has 0 bridgehead atoms. The van der Waals surface area contributed by atoms with Gasteiger partial charge in [0, 0.05) is 18.3 Å². The van der Waals surface area contributed by atoms with Crippen molar-refractivity contribution in [3.05, 3.63) is 12.2 Å². The molecule has 0 heterocycles. The van der Waals surface area contributed by atoms with Gasteiger partial charge < -0.3 is 31.0 Å². The van der Waals surface area contributed by atoms with Crippen LogP contribution in [0.3, 0.4) is 0 Å². The minimum absolute atomic E-state index is 0. The maximum atomic E-state index is 12.5. The first-order valence-electron chi connectivity index (χ1n) is 11.6. The number of aliphatic carboxylic acids is 1. The van der Waals surface area contributed by atoms with Crippen molar-refractivity contribution in [2.24, 2.45) is 35.5 Å². The monoisotopic (exact) mass is 441 g/mol. The number of carbonyl (C=O) groups is 2. The predicted octanol–water partition coefficient (Wildman–Crippen LogP) is 2.84. The predicted molar refractivity (Wildman–Crippen MR) is 118 cm³/mol. The molecule has 2 rings (SSSR count). The lowest BCUT2D eigenvalue weighted by molar-refractivity contribution is -0.307. The van der Waals surface area contributed by atoms with E-state index in [9.17, 15) is 24.9 Å². The Bertz CT molecular complexity index is 609. The molecule has 0 aromatic heterocycles. The number of esters is 1. The number of rotatable bonds is 10. The smallest absolute Gasteiger partial charge is 0.308 e. The highest BCUT2D eigenvalue weighted by Gasteiger charge is 2.45. The van der Waals surface area contributed by atoms with E-state index < -0.39 is 24.6 Å². The number of aliphatic hydroxyl groups excluding tert-OH is 2. The molecule has 0 aliphatic heterocycles. The molecule has 1 fully saturated rings. The topological polar surface area (TPSA) is 143 Å². The van der Waals surface area contributed by atoms with Crippen molar-refractivity contribution in [3.63, 3.8) is 0 Å². The summed E-state index contributed by atoms with van der Waals surface area (Å²) in [6.45, 7) is 8.27. The van der Waals surface area contributed by atoms with Crippen LogP contribution in [0.1, 0.15) is 72.6 Å². The summed E-state index contributed by atoms with van der Waals surface area (Å²) in [7, 11) is 0. The first-order valence-corrected chi connectivity index (χ1v) is 11.6. The third-order valence-corrected chi connectivity index (χ3v) is 7.13. The van der Waals surface area contributed by atoms with Gasteiger partial charge in [0.05, 0.1) is 18.1 Å². The minimum atomic E-state index is -1.31. The maximum Gasteiger partial charge on any atom is 0.308 e. The molecule has 6 N–H and O–H groups in total. The molecule has 9 atom stereocenters. The van der Waals surface area contributed by atoms with Gasteiger partial charge in [-0.05, 0) is 62.2 Å². The molecule has 0 aromatic carbocycles. The molecule has 1 saturated carbocycles. The molecule has 2 aliphatic rings. The first kappa shape index (κ1) is 27.6. The molecule has 31 heavy (non-hydrogen) atoms. The van der Waals surface area contributed by atoms with Crippen LogP contribution in [0.2, 0.25) is 0 Å². The molecule has 180 valence electrons. The van der Waals surface area contributed by atoms with Crippen molar-refractivity contribution < 1.29 is 29.6 Å². The second kappa shape index (κ2) is 12.6. The highest BCUT2D eigenvalue weighted by molar-refractivity contribution is 5.72. The van der Waals surface area contributed by atoms with Crippen molar-refractivity contribution >= 4 is 11.9 Å². The van der Waals surface area contributed by atoms with Gasteiger partial charge in [-0.15, -0.1) is 0 Å². The Morgan fingerprint density at radius 3 is 2.45 bits per heavy atom. The standard InChI is InChI=1S/C24H40O6.H3N/c1-5-15(3)24(29)30-21-11-14(2)10-17-7-6-16(4)20(23(17)21)9-8-18(25)12-19(26)13-22(27)28;/h6-7,14-21,23,25-26H,5,8-13H2,1-4H3,(H,27,28);1H3/t14-,15?,16-,17-,18+,19+,20-,21-,23-;/m0./s1. The molecule has 1 unspecified atom stereocenters. The third-order valence-electron chi connectivity index (χ3n) is 7.13. The Labute approximate surface area is 186 Å². The molecule has 7 heteroatoms. The van der Waals surface area contributed by atoms with E-state index in [2.05, 4.69) is 26.0 Å². The third kappa shape index (κ3) is 7.88. The summed E-state index contributed by atoms with van der Waals surface area (Å²) in [6, 6.07) is 0. The zero-order chi connectivity index (χ0) is 22.4. The summed E-state index contributed by atoms with van der Waals surface area (Å²) in [6.07, 6.45) is 6.06. The molecular formula is C24H43NO6. The molecule has 2 aliphatic carbocycles. The summed E-state index contributed by atoms with van der Waals surface area (Å²) >= 11 is 0. The fourth-order valence-corrected chi connectivity index (χ4v) is 5.27. The minimum Gasteiger partial charge on any atom is -0.550 e. The average Bonchev–Trinajstić information content (AvgIpc) is 2.65. The van der Waals surface area contributed by atoms with E-state index in [0.717, 1.165) is 25.7 Å². The molecule has 0 saturated heterocycles. The van der Waals surface area contributed by atoms with Crippen LogP contribution in [-0.2, 0) is 14.3 Å². The number of hydrogen-bond donors (Lipinski definition) is 3. The number of fused-ring (bicyclic) bond motifs is 1. The van der Waals surface area contributed by atoms with Crippen LogP contribution in [0.25, 0.3) is 0 Å². The summed E-state index contributed by atoms with van der Waals surface area (Å²) < 4.78 is 6.03. The van der Waals surface area contributed by atoms with Gasteiger partial charge in [-0.1, -0.05) is 39.8 Å². The Kier molecular flexibility index (Phi) is 11.2. The normalized spacial score (nSPS) is 32.8. The van der Waals surface area contributed by atoms with Crippen molar-refractivity contribution in [1.29, 1.82) is 0 Å². The molecule has 0 aromatic rings. The van der Waals surface area contributed by atoms with Crippen LogP contribution in [0.5, 0.6) is 0 Å². The van der Waals surface area contributed by atoms with Gasteiger partial charge in [0.25, 0.3) is 0 Å². The number of hydrogen-bond acceptors (Lipinski definition) is 6. The number of quaternary nitrogens is 1. The lowest BCUT2D eigenvalue weighted by atomic mass is 9.60. The van der Waals surface area contributed by atoms with E-state index in [1.807, 2.05) is 13.8 Å². The van der Waals surface area contributed by atoms with Gasteiger partial charge in [-0.25, -0.2) is 0 Å². The highest BCUT2D eigenvalue weighted by atomic mass is 16.5. The van der Waals surface area contributed by atoms with E-state index in [4.69, 9.17) is 4.74 Å². The zero-order valence-electron chi connectivity index (χ0n) is 19.8. The largest absolute Gasteiger partial charge is 0.550 e. The first-order chi connectivity index (χ1) is 14.1. The van der Waals surface area contributed by atoms with Gasteiger partial charge in [-0.3, -0.25) is 4.79 Å². The van der Waals surface area contributed by atoms with Crippen LogP contribution in [0, 0.1) is 35.5 Å². The van der Waals surface area contributed by atoms with Crippen LogP contribution in [0.15, 0.2) is 12.2 Å². The van der Waals surface area contributed by atoms with E-state index in [-0.39, 0.29) is 42.4 Å². The fourth-order valence-electron chi connectivity index (χ4n) is 5.27. The molecule has 0 amide bonds. The highest BCUT2D eigenvalue weighted by Crippen LogP contribution is 2.47. The van der Waals surface area contributed by atoms with Gasteiger partial charge >= 0.3 is 5.97 Å². The Morgan fingerprint density at radius 1 is 1.16 bits per heavy atom. The van der Waals surface area contributed by atoms with Crippen LogP contribution >= 0.6 is 0 Å². The summed E-state index contributed by atoms with van der Waals surface area (Å²) in [4.78, 5) is 23.1. The second-order valence-electron chi connectivity index (χ2n) is 9.71. The van der Waals surface area contributed by atoms with Crippen LogP contribution < -0.4 is 11.3 Å². The van der Waals surface area contributed by atoms with Crippen molar-refractivity contribution in [1.82, 2.24) is 6.15 Å². The number of allylic oxidation sites excluding steroid dienone is 2. The summed E-state index contributed by atoms with van der Waals surface area (Å²) in [5.41, 5.74) is 0. The quantitative estimate of drug-likeness (QED) is 0.351. The Hall–Kier alpha value is -1.44. The lowest BCUT2D eigenvalue weighted by Crippen LogP contribution is -2.46. The van der Waals surface area contributed by atoms with Gasteiger partial charge in [-0.2, -0.15) is 0 Å². The van der Waals surface area contributed by atoms with E-state index in [1.54, 1.807) is 0 Å². The van der Waals surface area contributed by atoms with Crippen molar-refractivity contribution in [2.45, 2.75) is 91.0 Å². The maximum absolute atomic E-state index is 12.5.